The lowest BCUT2D eigenvalue weighted by Gasteiger charge is -2.39. The summed E-state index contributed by atoms with van der Waals surface area (Å²) >= 11 is 0. The molecular weight excluding hydrogens is 537 g/mol. The molecular formula is C28H34FN5O7. The highest BCUT2D eigenvalue weighted by Gasteiger charge is 2.41. The largest absolute Gasteiger partial charge is 0.473 e. The van der Waals surface area contributed by atoms with Gasteiger partial charge in [0, 0.05) is 48.7 Å². The van der Waals surface area contributed by atoms with Crippen molar-refractivity contribution in [1.82, 2.24) is 24.2 Å². The lowest BCUT2D eigenvalue weighted by Crippen LogP contribution is -2.49. The Morgan fingerprint density at radius 2 is 1.76 bits per heavy atom. The van der Waals surface area contributed by atoms with Crippen LogP contribution >= 0.6 is 0 Å². The lowest BCUT2D eigenvalue weighted by atomic mass is 9.99. The van der Waals surface area contributed by atoms with Crippen LogP contribution in [0.4, 0.5) is 4.39 Å². The maximum absolute atomic E-state index is 13.9. The number of halogens is 1. The third kappa shape index (κ3) is 7.43. The third-order valence-corrected chi connectivity index (χ3v) is 7.42. The first-order valence-electron chi connectivity index (χ1n) is 13.5. The number of hydrogen-bond acceptors (Lipinski definition) is 8. The van der Waals surface area contributed by atoms with E-state index in [0.717, 1.165) is 31.2 Å². The maximum atomic E-state index is 13.9. The van der Waals surface area contributed by atoms with E-state index >= 15 is 0 Å². The van der Waals surface area contributed by atoms with Gasteiger partial charge in [0.15, 0.2) is 5.82 Å². The standard InChI is InChI=1S/C26H32FN5O3.C2H2O4/c1-2-30-25(18-7-5-11-28-14-18)29-32(26(30)34)16-22(33)15-31-20-9-10-21(31)13-23(12-20)35-17-19-6-3-4-8-24(19)27;3-1(4)2(5)6/h3-8,11,14,20-23,33H,2,9-10,12-13,15-17H2,1H3;(H,3,4)(H,5,6). The van der Waals surface area contributed by atoms with Gasteiger partial charge in [-0.25, -0.2) is 23.5 Å². The Balaban J connectivity index is 0.000000585. The molecule has 0 radical (unpaired) electrons. The smallest absolute Gasteiger partial charge is 0.414 e. The molecule has 0 amide bonds. The molecule has 5 rings (SSSR count). The summed E-state index contributed by atoms with van der Waals surface area (Å²) < 4.78 is 23.0. The number of aliphatic hydroxyl groups excluding tert-OH is 1. The molecule has 0 aliphatic carbocycles. The third-order valence-electron chi connectivity index (χ3n) is 7.42. The average Bonchev–Trinajstić information content (AvgIpc) is 3.38. The molecule has 3 atom stereocenters. The van der Waals surface area contributed by atoms with Gasteiger partial charge < -0.3 is 20.1 Å². The number of nitrogens with zero attached hydrogens (tertiary/aromatic N) is 5. The Bertz CT molecular complexity index is 1370. The van der Waals surface area contributed by atoms with Crippen LogP contribution in [-0.2, 0) is 34.0 Å². The van der Waals surface area contributed by atoms with Crippen molar-refractivity contribution in [1.29, 1.82) is 0 Å². The van der Waals surface area contributed by atoms with Gasteiger partial charge in [-0.1, -0.05) is 18.2 Å². The molecule has 3 aromatic rings. The number of aromatic nitrogens is 4. The molecule has 1 aromatic carbocycles. The van der Waals surface area contributed by atoms with Crippen LogP contribution in [0, 0.1) is 5.82 Å². The molecule has 13 heteroatoms. The molecule has 3 unspecified atom stereocenters. The van der Waals surface area contributed by atoms with Crippen molar-refractivity contribution >= 4 is 11.9 Å². The first-order valence-corrected chi connectivity index (χ1v) is 13.5. The van der Waals surface area contributed by atoms with Gasteiger partial charge >= 0.3 is 17.6 Å². The highest BCUT2D eigenvalue weighted by atomic mass is 19.1. The van der Waals surface area contributed by atoms with Crippen LogP contribution < -0.4 is 5.69 Å². The number of pyridine rings is 1. The van der Waals surface area contributed by atoms with Crippen LogP contribution in [0.5, 0.6) is 0 Å². The minimum atomic E-state index is -1.82. The van der Waals surface area contributed by atoms with Gasteiger partial charge in [0.2, 0.25) is 0 Å². The molecule has 0 spiro atoms. The van der Waals surface area contributed by atoms with E-state index in [4.69, 9.17) is 24.5 Å². The summed E-state index contributed by atoms with van der Waals surface area (Å²) in [6, 6.07) is 11.1. The zero-order chi connectivity index (χ0) is 29.5. The van der Waals surface area contributed by atoms with E-state index in [1.807, 2.05) is 25.1 Å². The minimum absolute atomic E-state index is 0.0883. The van der Waals surface area contributed by atoms with Gasteiger partial charge in [0.25, 0.3) is 0 Å². The molecule has 2 bridgehead atoms. The van der Waals surface area contributed by atoms with Crippen molar-refractivity contribution in [3.8, 4) is 11.4 Å². The summed E-state index contributed by atoms with van der Waals surface area (Å²) in [7, 11) is 0. The van der Waals surface area contributed by atoms with E-state index in [0.29, 0.717) is 36.6 Å². The fourth-order valence-electron chi connectivity index (χ4n) is 5.54. The second-order valence-electron chi connectivity index (χ2n) is 10.1. The molecule has 2 aliphatic rings. The minimum Gasteiger partial charge on any atom is -0.473 e. The van der Waals surface area contributed by atoms with Crippen LogP contribution in [-0.4, -0.2) is 82.3 Å². The van der Waals surface area contributed by atoms with Crippen LogP contribution in [0.2, 0.25) is 0 Å². The Morgan fingerprint density at radius 3 is 2.34 bits per heavy atom. The predicted molar refractivity (Wildman–Crippen MR) is 144 cm³/mol. The van der Waals surface area contributed by atoms with Crippen molar-refractivity contribution in [2.45, 2.75) is 76.6 Å². The fraction of sp³-hybridized carbons (Fsp3) is 0.464. The topological polar surface area (TPSA) is 160 Å². The van der Waals surface area contributed by atoms with Crippen LogP contribution in [0.1, 0.15) is 38.2 Å². The highest BCUT2D eigenvalue weighted by molar-refractivity contribution is 6.27. The van der Waals surface area contributed by atoms with Crippen molar-refractivity contribution in [2.24, 2.45) is 0 Å². The molecule has 0 saturated carbocycles. The summed E-state index contributed by atoms with van der Waals surface area (Å²) in [4.78, 5) is 37.6. The monoisotopic (exact) mass is 571 g/mol. The normalized spacial score (nSPS) is 20.7. The summed E-state index contributed by atoms with van der Waals surface area (Å²) in [5.74, 6) is -3.32. The van der Waals surface area contributed by atoms with Gasteiger partial charge in [-0.15, -0.1) is 5.10 Å². The molecule has 2 saturated heterocycles. The number of rotatable bonds is 9. The van der Waals surface area contributed by atoms with E-state index in [1.165, 1.54) is 10.7 Å². The number of hydrogen-bond donors (Lipinski definition) is 3. The summed E-state index contributed by atoms with van der Waals surface area (Å²) in [5, 5.41) is 30.2. The summed E-state index contributed by atoms with van der Waals surface area (Å²) in [6.45, 7) is 3.30. The number of carbonyl (C=O) groups is 2. The van der Waals surface area contributed by atoms with Gasteiger partial charge in [0.1, 0.15) is 5.82 Å². The van der Waals surface area contributed by atoms with Gasteiger partial charge in [0.05, 0.1) is 25.4 Å². The average molecular weight is 572 g/mol. The molecule has 2 aliphatic heterocycles. The van der Waals surface area contributed by atoms with E-state index in [9.17, 15) is 14.3 Å². The quantitative estimate of drug-likeness (QED) is 0.324. The number of carboxylic acids is 2. The van der Waals surface area contributed by atoms with E-state index < -0.39 is 18.0 Å². The van der Waals surface area contributed by atoms with E-state index in [-0.39, 0.29) is 30.8 Å². The molecule has 4 heterocycles. The maximum Gasteiger partial charge on any atom is 0.414 e. The first kappa shape index (κ1) is 30.0. The molecule has 2 fully saturated rings. The van der Waals surface area contributed by atoms with Gasteiger partial charge in [-0.05, 0) is 50.8 Å². The number of ether oxygens (including phenoxy) is 1. The summed E-state index contributed by atoms with van der Waals surface area (Å²) in [6.07, 6.45) is 6.60. The second kappa shape index (κ2) is 13.6. The fourth-order valence-corrected chi connectivity index (χ4v) is 5.54. The first-order chi connectivity index (χ1) is 19.7. The Labute approximate surface area is 235 Å². The molecule has 12 nitrogen and oxygen atoms in total. The van der Waals surface area contributed by atoms with Crippen molar-refractivity contribution in [2.75, 3.05) is 6.54 Å². The van der Waals surface area contributed by atoms with Crippen LogP contribution in [0.3, 0.4) is 0 Å². The van der Waals surface area contributed by atoms with Crippen molar-refractivity contribution in [3.63, 3.8) is 0 Å². The SMILES string of the molecule is CCn1c(-c2cccnc2)nn(CC(O)CN2C3CCC2CC(OCc2ccccc2F)C3)c1=O.O=C(O)C(=O)O. The second-order valence-corrected chi connectivity index (χ2v) is 10.1. The Morgan fingerprint density at radius 1 is 1.07 bits per heavy atom. The summed E-state index contributed by atoms with van der Waals surface area (Å²) in [5.41, 5.74) is 1.13. The Hall–Kier alpha value is -3.94. The molecule has 3 N–H and O–H groups in total. The number of aliphatic carboxylic acids is 2. The van der Waals surface area contributed by atoms with Gasteiger partial charge in [-0.3, -0.25) is 14.5 Å². The van der Waals surface area contributed by atoms with Gasteiger partial charge in [-0.2, -0.15) is 0 Å². The number of aliphatic hydroxyl groups is 1. The van der Waals surface area contributed by atoms with Crippen LogP contribution in [0.15, 0.2) is 53.6 Å². The predicted octanol–water partition coefficient (Wildman–Crippen LogP) is 1.99. The van der Waals surface area contributed by atoms with Crippen LogP contribution in [0.25, 0.3) is 11.4 Å². The van der Waals surface area contributed by atoms with E-state index in [1.54, 1.807) is 29.1 Å². The molecule has 41 heavy (non-hydrogen) atoms. The highest BCUT2D eigenvalue weighted by Crippen LogP contribution is 2.37. The molecule has 220 valence electrons. The number of fused-ring (bicyclic) bond motifs is 2. The van der Waals surface area contributed by atoms with E-state index in [2.05, 4.69) is 15.0 Å². The number of piperidine rings is 1. The Kier molecular flexibility index (Phi) is 9.97. The zero-order valence-electron chi connectivity index (χ0n) is 22.7. The van der Waals surface area contributed by atoms with Crippen molar-refractivity contribution in [3.05, 3.63) is 70.7 Å². The molecule has 2 aromatic heterocycles. The lowest BCUT2D eigenvalue weighted by molar-refractivity contribution is -0.159. The number of benzene rings is 1. The zero-order valence-corrected chi connectivity index (χ0v) is 22.7. The number of carboxylic acid groups (broad SMARTS) is 2. The van der Waals surface area contributed by atoms with Crippen molar-refractivity contribution < 1.29 is 34.0 Å².